The number of nitrogens with one attached hydrogen (secondary N) is 2. The molecule has 0 aliphatic rings. The van der Waals surface area contributed by atoms with Crippen molar-refractivity contribution >= 4 is 48.5 Å². The number of aliphatic hydroxyl groups excluding tert-OH is 1. The van der Waals surface area contributed by atoms with Crippen LogP contribution in [-0.4, -0.2) is 24.6 Å². The van der Waals surface area contributed by atoms with Crippen LogP contribution in [0.5, 0.6) is 0 Å². The maximum Gasteiger partial charge on any atom is 0.244 e. The molecule has 2 unspecified atom stereocenters. The van der Waals surface area contributed by atoms with Crippen LogP contribution >= 0.6 is 27.5 Å². The fourth-order valence-corrected chi connectivity index (χ4v) is 4.91. The van der Waals surface area contributed by atoms with Gasteiger partial charge < -0.3 is 10.1 Å². The minimum absolute atomic E-state index is 0.137. The van der Waals surface area contributed by atoms with E-state index in [0.29, 0.717) is 10.9 Å². The molecule has 2 atom stereocenters. The molecule has 3 N–H and O–H groups in total. The lowest BCUT2D eigenvalue weighted by atomic mass is 10.0. The molecule has 10 heteroatoms. The van der Waals surface area contributed by atoms with Crippen LogP contribution in [0, 0.1) is 11.6 Å². The van der Waals surface area contributed by atoms with Crippen molar-refractivity contribution in [2.45, 2.75) is 22.9 Å². The van der Waals surface area contributed by atoms with Gasteiger partial charge in [0.1, 0.15) is 16.5 Å². The lowest BCUT2D eigenvalue weighted by molar-refractivity contribution is 0.133. The predicted molar refractivity (Wildman–Crippen MR) is 102 cm³/mol. The quantitative estimate of drug-likeness (QED) is 0.294. The minimum Gasteiger partial charge on any atom is -0.390 e. The van der Waals surface area contributed by atoms with Crippen molar-refractivity contribution in [2.75, 3.05) is 0 Å². The molecule has 1 heterocycles. The third-order valence-electron chi connectivity index (χ3n) is 4.10. The Kier molecular flexibility index (Phi) is 5.35. The second-order valence-electron chi connectivity index (χ2n) is 5.94. The molecule has 0 saturated heterocycles. The summed E-state index contributed by atoms with van der Waals surface area (Å²) in [7, 11) is -4.31. The first-order valence-electron chi connectivity index (χ1n) is 7.68. The van der Waals surface area contributed by atoms with E-state index >= 15 is 0 Å². The molecule has 0 aliphatic carbocycles. The van der Waals surface area contributed by atoms with Gasteiger partial charge in [-0.15, -0.1) is 0 Å². The van der Waals surface area contributed by atoms with E-state index in [2.05, 4.69) is 25.6 Å². The summed E-state index contributed by atoms with van der Waals surface area (Å²) in [6, 6.07) is 8.19. The number of alkyl halides is 1. The van der Waals surface area contributed by atoms with Crippen molar-refractivity contribution in [3.05, 3.63) is 64.3 Å². The van der Waals surface area contributed by atoms with Crippen LogP contribution in [0.2, 0.25) is 0 Å². The van der Waals surface area contributed by atoms with Crippen molar-refractivity contribution in [2.24, 2.45) is 0 Å². The Hall–Kier alpha value is -1.52. The molecule has 0 amide bonds. The number of aromatic amines is 1. The Bertz CT molecular complexity index is 1120. The number of aromatic nitrogens is 1. The maximum atomic E-state index is 14.4. The van der Waals surface area contributed by atoms with Crippen LogP contribution in [0.25, 0.3) is 10.9 Å². The number of halogens is 4. The Morgan fingerprint density at radius 2 is 1.93 bits per heavy atom. The van der Waals surface area contributed by atoms with Crippen molar-refractivity contribution in [3.63, 3.8) is 0 Å². The Morgan fingerprint density at radius 3 is 2.59 bits per heavy atom. The van der Waals surface area contributed by atoms with Gasteiger partial charge in [0.25, 0.3) is 0 Å². The summed E-state index contributed by atoms with van der Waals surface area (Å²) in [5, 5.41) is 10.5. The molecule has 1 aromatic heterocycles. The van der Waals surface area contributed by atoms with Gasteiger partial charge in [0.2, 0.25) is 10.0 Å². The van der Waals surface area contributed by atoms with Gasteiger partial charge in [-0.3, -0.25) is 0 Å². The zero-order valence-electron chi connectivity index (χ0n) is 13.8. The van der Waals surface area contributed by atoms with Crippen LogP contribution in [0.4, 0.5) is 8.78 Å². The monoisotopic (exact) mass is 478 g/mol. The zero-order chi connectivity index (χ0) is 20.0. The number of hydrogen-bond acceptors (Lipinski definition) is 3. The van der Waals surface area contributed by atoms with Crippen LogP contribution in [0.3, 0.4) is 0 Å². The molecule has 0 saturated carbocycles. The van der Waals surface area contributed by atoms with E-state index in [4.69, 9.17) is 11.6 Å². The molecule has 0 bridgehead atoms. The van der Waals surface area contributed by atoms with E-state index in [1.807, 2.05) is 0 Å². The van der Waals surface area contributed by atoms with Gasteiger partial charge in [-0.05, 0) is 41.1 Å². The highest BCUT2D eigenvalue weighted by atomic mass is 79.9. The number of hydrogen-bond donors (Lipinski definition) is 3. The van der Waals surface area contributed by atoms with E-state index in [0.717, 1.165) is 12.1 Å². The standard InChI is InChI=1S/C17H14BrClF2N2O3S/c1-9(24)17(19,11-6-14(21)12(18)7-13(11)20)23-27(25,26)16-8-22-15-5-3-2-4-10(15)16/h2-9,22-24H,1H3. The minimum atomic E-state index is -4.31. The molecule has 0 radical (unpaired) electrons. The summed E-state index contributed by atoms with van der Waals surface area (Å²) in [5.41, 5.74) is 0.0271. The van der Waals surface area contributed by atoms with Gasteiger partial charge in [-0.1, -0.05) is 29.8 Å². The molecule has 0 aliphatic heterocycles. The summed E-state index contributed by atoms with van der Waals surface area (Å²) >= 11 is 9.15. The molecule has 0 spiro atoms. The van der Waals surface area contributed by atoms with Gasteiger partial charge in [0.05, 0.1) is 10.6 Å². The summed E-state index contributed by atoms with van der Waals surface area (Å²) in [6.07, 6.45) is -0.334. The topological polar surface area (TPSA) is 82.2 Å². The fourth-order valence-electron chi connectivity index (χ4n) is 2.68. The van der Waals surface area contributed by atoms with Crippen molar-refractivity contribution < 1.29 is 22.3 Å². The Balaban J connectivity index is 2.13. The second-order valence-corrected chi connectivity index (χ2v) is 9.04. The highest BCUT2D eigenvalue weighted by molar-refractivity contribution is 9.10. The van der Waals surface area contributed by atoms with Crippen molar-refractivity contribution in [1.82, 2.24) is 9.71 Å². The number of benzene rings is 2. The van der Waals surface area contributed by atoms with Crippen LogP contribution in [-0.2, 0) is 15.0 Å². The average Bonchev–Trinajstić information content (AvgIpc) is 3.02. The van der Waals surface area contributed by atoms with Gasteiger partial charge in [-0.25, -0.2) is 17.2 Å². The van der Waals surface area contributed by atoms with Crippen molar-refractivity contribution in [1.29, 1.82) is 0 Å². The largest absolute Gasteiger partial charge is 0.390 e. The lowest BCUT2D eigenvalue weighted by Crippen LogP contribution is -2.49. The van der Waals surface area contributed by atoms with E-state index in [9.17, 15) is 22.3 Å². The third kappa shape index (κ3) is 3.62. The first kappa shape index (κ1) is 20.2. The lowest BCUT2D eigenvalue weighted by Gasteiger charge is -2.31. The fraction of sp³-hybridized carbons (Fsp3) is 0.176. The SMILES string of the molecule is CC(O)C(Cl)(NS(=O)(=O)c1c[nH]c2ccccc12)c1cc(F)c(Br)cc1F. The van der Waals surface area contributed by atoms with Gasteiger partial charge in [-0.2, -0.15) is 4.72 Å². The molecule has 0 fully saturated rings. The number of aliphatic hydroxyl groups is 1. The summed E-state index contributed by atoms with van der Waals surface area (Å²) in [5.74, 6) is -1.84. The summed E-state index contributed by atoms with van der Waals surface area (Å²) in [6.45, 7) is 1.17. The summed E-state index contributed by atoms with van der Waals surface area (Å²) < 4.78 is 56.1. The first-order chi connectivity index (χ1) is 12.6. The maximum absolute atomic E-state index is 14.4. The van der Waals surface area contributed by atoms with Gasteiger partial charge >= 0.3 is 0 Å². The highest BCUT2D eigenvalue weighted by Crippen LogP contribution is 2.36. The second kappa shape index (κ2) is 7.14. The van der Waals surface area contributed by atoms with Gasteiger partial charge in [0.15, 0.2) is 5.00 Å². The van der Waals surface area contributed by atoms with Crippen LogP contribution < -0.4 is 4.72 Å². The molecular formula is C17H14BrClF2N2O3S. The van der Waals surface area contributed by atoms with E-state index < -0.39 is 38.3 Å². The predicted octanol–water partition coefficient (Wildman–Crippen LogP) is 3.96. The number of rotatable bonds is 5. The number of sulfonamides is 1. The summed E-state index contributed by atoms with van der Waals surface area (Å²) in [4.78, 5) is 0.344. The number of fused-ring (bicyclic) bond motifs is 1. The Morgan fingerprint density at radius 1 is 1.26 bits per heavy atom. The molecule has 2 aromatic carbocycles. The molecule has 5 nitrogen and oxygen atoms in total. The molecule has 144 valence electrons. The van der Waals surface area contributed by atoms with Crippen LogP contribution in [0.1, 0.15) is 12.5 Å². The first-order valence-corrected chi connectivity index (χ1v) is 10.3. The molecule has 3 rings (SSSR count). The molecule has 27 heavy (non-hydrogen) atoms. The average molecular weight is 480 g/mol. The number of para-hydroxylation sites is 1. The Labute approximate surface area is 167 Å². The van der Waals surface area contributed by atoms with Gasteiger partial charge in [0, 0.05) is 22.7 Å². The smallest absolute Gasteiger partial charge is 0.244 e. The third-order valence-corrected chi connectivity index (χ3v) is 6.94. The highest BCUT2D eigenvalue weighted by Gasteiger charge is 2.42. The van der Waals surface area contributed by atoms with Crippen molar-refractivity contribution in [3.8, 4) is 0 Å². The van der Waals surface area contributed by atoms with E-state index in [1.165, 1.54) is 13.1 Å². The number of H-pyrrole nitrogens is 1. The van der Waals surface area contributed by atoms with E-state index in [1.54, 1.807) is 24.3 Å². The molecule has 3 aromatic rings. The molecular weight excluding hydrogens is 466 g/mol. The zero-order valence-corrected chi connectivity index (χ0v) is 17.0. The van der Waals surface area contributed by atoms with E-state index in [-0.39, 0.29) is 9.37 Å². The normalized spacial score (nSPS) is 15.6. The van der Waals surface area contributed by atoms with Crippen LogP contribution in [0.15, 0.2) is 52.0 Å².